The van der Waals surface area contributed by atoms with Crippen LogP contribution in [0.3, 0.4) is 0 Å². The molecule has 2 unspecified atom stereocenters. The molecule has 0 aliphatic heterocycles. The van der Waals surface area contributed by atoms with Gasteiger partial charge in [-0.05, 0) is 6.92 Å². The van der Waals surface area contributed by atoms with Gasteiger partial charge in [-0.15, -0.1) is 0 Å². The fraction of sp³-hybridized carbons (Fsp3) is 0.833. The fourth-order valence-electron chi connectivity index (χ4n) is 0.487. The predicted octanol–water partition coefficient (Wildman–Crippen LogP) is -0.924. The Hall–Kier alpha value is -0.750. The summed E-state index contributed by atoms with van der Waals surface area (Å²) in [6.45, 7) is 0.999. The minimum absolute atomic E-state index is 0.249. The van der Waals surface area contributed by atoms with E-state index < -0.39 is 24.5 Å². The number of rotatable bonds is 5. The Bertz CT molecular complexity index is 154. The number of aliphatic hydroxyl groups is 1. The van der Waals surface area contributed by atoms with Crippen molar-refractivity contribution in [3.05, 3.63) is 0 Å². The predicted molar refractivity (Wildman–Crippen MR) is 38.7 cm³/mol. The lowest BCUT2D eigenvalue weighted by molar-refractivity contribution is -0.125. The van der Waals surface area contributed by atoms with Gasteiger partial charge in [0, 0.05) is 6.54 Å². The summed E-state index contributed by atoms with van der Waals surface area (Å²) in [6.07, 6.45) is -3.93. The van der Waals surface area contributed by atoms with Crippen molar-refractivity contribution >= 4 is 5.91 Å². The van der Waals surface area contributed by atoms with Gasteiger partial charge in [-0.2, -0.15) is 0 Å². The molecule has 0 radical (unpaired) electrons. The van der Waals surface area contributed by atoms with E-state index in [-0.39, 0.29) is 6.54 Å². The Morgan fingerprint density at radius 2 is 2.17 bits per heavy atom. The van der Waals surface area contributed by atoms with Crippen molar-refractivity contribution in [2.75, 3.05) is 6.54 Å². The highest BCUT2D eigenvalue weighted by Gasteiger charge is 2.17. The van der Waals surface area contributed by atoms with Crippen LogP contribution in [0.2, 0.25) is 0 Å². The topological polar surface area (TPSA) is 75.3 Å². The van der Waals surface area contributed by atoms with Gasteiger partial charge in [0.05, 0.1) is 6.04 Å². The molecule has 0 bridgehead atoms. The molecule has 2 atom stereocenters. The zero-order valence-corrected chi connectivity index (χ0v) is 6.63. The van der Waals surface area contributed by atoms with E-state index in [4.69, 9.17) is 5.11 Å². The van der Waals surface area contributed by atoms with Crippen molar-refractivity contribution in [2.45, 2.75) is 25.5 Å². The number of alkyl halides is 2. The Labute approximate surface area is 68.7 Å². The number of aliphatic hydroxyl groups excluding tert-OH is 1. The molecule has 1 amide bonds. The molecule has 4 nitrogen and oxygen atoms in total. The minimum Gasteiger partial charge on any atom is -0.382 e. The van der Waals surface area contributed by atoms with Crippen LogP contribution in [0.4, 0.5) is 8.78 Å². The van der Waals surface area contributed by atoms with Crippen molar-refractivity contribution in [3.63, 3.8) is 0 Å². The summed E-state index contributed by atoms with van der Waals surface area (Å²) < 4.78 is 23.6. The number of halogens is 2. The number of nitrogens with one attached hydrogen (secondary N) is 1. The molecule has 0 aromatic heterocycles. The van der Waals surface area contributed by atoms with Crippen LogP contribution in [0, 0.1) is 0 Å². The smallest absolute Gasteiger partial charge is 0.253 e. The molecular formula is C6H12F2N2O2. The van der Waals surface area contributed by atoms with Gasteiger partial charge in [0.2, 0.25) is 5.91 Å². The van der Waals surface area contributed by atoms with Crippen molar-refractivity contribution < 1.29 is 18.7 Å². The van der Waals surface area contributed by atoms with Crippen LogP contribution in [0.25, 0.3) is 0 Å². The summed E-state index contributed by atoms with van der Waals surface area (Å²) in [5.74, 6) is -0.927. The van der Waals surface area contributed by atoms with E-state index in [1.54, 1.807) is 0 Å². The molecule has 72 valence electrons. The molecule has 0 rings (SSSR count). The third-order valence-electron chi connectivity index (χ3n) is 1.34. The van der Waals surface area contributed by atoms with Gasteiger partial charge < -0.3 is 16.2 Å². The minimum atomic E-state index is -2.52. The molecule has 0 aromatic rings. The van der Waals surface area contributed by atoms with Gasteiger partial charge in [-0.3, -0.25) is 4.79 Å². The lowest BCUT2D eigenvalue weighted by Gasteiger charge is -2.14. The summed E-state index contributed by atoms with van der Waals surface area (Å²) in [6, 6.07) is -1.06. The molecule has 0 saturated carbocycles. The number of carbonyl (C=O) groups excluding carboxylic acids is 1. The maximum absolute atomic E-state index is 11.8. The second-order valence-electron chi connectivity index (χ2n) is 2.45. The van der Waals surface area contributed by atoms with E-state index in [0.29, 0.717) is 0 Å². The van der Waals surface area contributed by atoms with E-state index in [0.717, 1.165) is 0 Å². The van der Waals surface area contributed by atoms with Crippen molar-refractivity contribution in [2.24, 2.45) is 5.73 Å². The van der Waals surface area contributed by atoms with Gasteiger partial charge >= 0.3 is 0 Å². The summed E-state index contributed by atoms with van der Waals surface area (Å²) in [5, 5.41) is 11.0. The number of hydrogen-bond acceptors (Lipinski definition) is 3. The summed E-state index contributed by atoms with van der Waals surface area (Å²) >= 11 is 0. The number of carbonyl (C=O) groups is 1. The monoisotopic (exact) mass is 182 g/mol. The van der Waals surface area contributed by atoms with E-state index in [1.165, 1.54) is 6.92 Å². The largest absolute Gasteiger partial charge is 0.382 e. The molecule has 6 heteroatoms. The standard InChI is InChI=1S/C6H12F2N2O2/c1-3(5(7)8)10-2-4(11)6(9)12/h3-5,10-11H,2H2,1H3,(H2,9,12). The van der Waals surface area contributed by atoms with Crippen molar-refractivity contribution in [3.8, 4) is 0 Å². The molecule has 0 aliphatic rings. The normalized spacial score (nSPS) is 16.1. The number of amides is 1. The van der Waals surface area contributed by atoms with Gasteiger partial charge in [0.25, 0.3) is 6.43 Å². The first-order valence-corrected chi connectivity index (χ1v) is 3.44. The summed E-state index contributed by atoms with van der Waals surface area (Å²) in [5.41, 5.74) is 4.68. The zero-order valence-electron chi connectivity index (χ0n) is 6.63. The first-order valence-electron chi connectivity index (χ1n) is 3.44. The highest BCUT2D eigenvalue weighted by atomic mass is 19.3. The molecule has 0 aliphatic carbocycles. The van der Waals surface area contributed by atoms with E-state index >= 15 is 0 Å². The summed E-state index contributed by atoms with van der Waals surface area (Å²) in [7, 11) is 0. The first kappa shape index (κ1) is 11.2. The van der Waals surface area contributed by atoms with Gasteiger partial charge in [-0.25, -0.2) is 8.78 Å². The van der Waals surface area contributed by atoms with E-state index in [2.05, 4.69) is 11.1 Å². The lowest BCUT2D eigenvalue weighted by atomic mass is 10.3. The quantitative estimate of drug-likeness (QED) is 0.514. The van der Waals surface area contributed by atoms with Crippen LogP contribution >= 0.6 is 0 Å². The van der Waals surface area contributed by atoms with Crippen LogP contribution < -0.4 is 11.1 Å². The average Bonchev–Trinajstić information content (AvgIpc) is 1.98. The maximum atomic E-state index is 11.8. The maximum Gasteiger partial charge on any atom is 0.253 e. The SMILES string of the molecule is CC(NCC(O)C(N)=O)C(F)F. The molecule has 0 saturated heterocycles. The number of hydrogen-bond donors (Lipinski definition) is 3. The van der Waals surface area contributed by atoms with E-state index in [9.17, 15) is 13.6 Å². The lowest BCUT2D eigenvalue weighted by Crippen LogP contribution is -2.43. The van der Waals surface area contributed by atoms with Crippen LogP contribution in [0.1, 0.15) is 6.92 Å². The van der Waals surface area contributed by atoms with Crippen LogP contribution in [-0.4, -0.2) is 36.1 Å². The number of nitrogens with two attached hydrogens (primary N) is 1. The Balaban J connectivity index is 3.61. The first-order chi connectivity index (χ1) is 5.45. The second-order valence-corrected chi connectivity index (χ2v) is 2.45. The van der Waals surface area contributed by atoms with Crippen LogP contribution in [-0.2, 0) is 4.79 Å². The number of primary amides is 1. The molecule has 4 N–H and O–H groups in total. The van der Waals surface area contributed by atoms with Crippen molar-refractivity contribution in [1.29, 1.82) is 0 Å². The fourth-order valence-corrected chi connectivity index (χ4v) is 0.487. The molecule has 12 heavy (non-hydrogen) atoms. The van der Waals surface area contributed by atoms with Crippen LogP contribution in [0.15, 0.2) is 0 Å². The van der Waals surface area contributed by atoms with Gasteiger partial charge in [-0.1, -0.05) is 0 Å². The molecule has 0 spiro atoms. The van der Waals surface area contributed by atoms with Gasteiger partial charge in [0.1, 0.15) is 6.10 Å². The summed E-state index contributed by atoms with van der Waals surface area (Å²) in [4.78, 5) is 10.2. The Morgan fingerprint density at radius 1 is 1.67 bits per heavy atom. The second kappa shape index (κ2) is 5.00. The third kappa shape index (κ3) is 4.20. The molecule has 0 fully saturated rings. The zero-order chi connectivity index (χ0) is 9.72. The molecule has 0 heterocycles. The average molecular weight is 182 g/mol. The third-order valence-corrected chi connectivity index (χ3v) is 1.34. The molecular weight excluding hydrogens is 170 g/mol. The van der Waals surface area contributed by atoms with Crippen LogP contribution in [0.5, 0.6) is 0 Å². The van der Waals surface area contributed by atoms with E-state index in [1.807, 2.05) is 0 Å². The van der Waals surface area contributed by atoms with Crippen molar-refractivity contribution in [1.82, 2.24) is 5.32 Å². The highest BCUT2D eigenvalue weighted by molar-refractivity contribution is 5.78. The Kier molecular flexibility index (Phi) is 4.68. The Morgan fingerprint density at radius 3 is 2.50 bits per heavy atom. The highest BCUT2D eigenvalue weighted by Crippen LogP contribution is 1.98. The molecule has 0 aromatic carbocycles. The van der Waals surface area contributed by atoms with Gasteiger partial charge in [0.15, 0.2) is 0 Å².